The third-order valence-corrected chi connectivity index (χ3v) is 2.84. The molecule has 1 aromatic heterocycles. The Morgan fingerprint density at radius 3 is 2.93 bits per heavy atom. The minimum Gasteiger partial charge on any atom is -0.476 e. The van der Waals surface area contributed by atoms with E-state index >= 15 is 0 Å². The maximum absolute atomic E-state index is 10.8. The molecular formula is C7H8ClN3O3S. The summed E-state index contributed by atoms with van der Waals surface area (Å²) in [7, 11) is 1.32. The number of rotatable bonds is 5. The Morgan fingerprint density at radius 1 is 1.67 bits per heavy atom. The largest absolute Gasteiger partial charge is 0.476 e. The molecule has 0 radical (unpaired) electrons. The molecule has 0 atom stereocenters. The van der Waals surface area contributed by atoms with Crippen molar-refractivity contribution >= 4 is 29.1 Å². The predicted molar refractivity (Wildman–Crippen MR) is 56.7 cm³/mol. The molecule has 1 heterocycles. The lowest BCUT2D eigenvalue weighted by Gasteiger charge is -2.03. The molecule has 0 aliphatic heterocycles. The molecule has 0 aliphatic rings. The van der Waals surface area contributed by atoms with E-state index in [1.807, 2.05) is 0 Å². The van der Waals surface area contributed by atoms with Gasteiger partial charge in [-0.3, -0.25) is 10.1 Å². The van der Waals surface area contributed by atoms with Crippen LogP contribution in [0.3, 0.4) is 0 Å². The molecule has 0 aliphatic carbocycles. The topological polar surface area (TPSA) is 78.2 Å². The molecule has 82 valence electrons. The zero-order valence-electron chi connectivity index (χ0n) is 7.84. The van der Waals surface area contributed by atoms with Crippen LogP contribution in [-0.2, 0) is 0 Å². The molecule has 1 aromatic rings. The van der Waals surface area contributed by atoms with Gasteiger partial charge in [0.25, 0.3) is 5.88 Å². The first-order chi connectivity index (χ1) is 7.20. The lowest BCUT2D eigenvalue weighted by molar-refractivity contribution is -0.389. The van der Waals surface area contributed by atoms with Gasteiger partial charge in [0.1, 0.15) is 6.33 Å². The van der Waals surface area contributed by atoms with Crippen LogP contribution in [0.4, 0.5) is 5.69 Å². The van der Waals surface area contributed by atoms with Crippen LogP contribution in [0, 0.1) is 10.1 Å². The Hall–Kier alpha value is -1.08. The molecule has 6 nitrogen and oxygen atoms in total. The van der Waals surface area contributed by atoms with E-state index < -0.39 is 4.92 Å². The van der Waals surface area contributed by atoms with Crippen molar-refractivity contribution in [1.82, 2.24) is 9.97 Å². The molecule has 1 rings (SSSR count). The first-order valence-corrected chi connectivity index (χ1v) is 5.44. The van der Waals surface area contributed by atoms with Gasteiger partial charge in [0.2, 0.25) is 0 Å². The molecule has 0 aromatic carbocycles. The van der Waals surface area contributed by atoms with Crippen LogP contribution in [0.1, 0.15) is 0 Å². The number of aromatic nitrogens is 2. The van der Waals surface area contributed by atoms with E-state index in [1.54, 1.807) is 0 Å². The third-order valence-electron chi connectivity index (χ3n) is 1.45. The molecule has 0 N–H and O–H groups in total. The van der Waals surface area contributed by atoms with E-state index in [1.165, 1.54) is 25.2 Å². The maximum atomic E-state index is 10.8. The van der Waals surface area contributed by atoms with Gasteiger partial charge < -0.3 is 4.74 Å². The number of methoxy groups -OCH3 is 1. The number of nitrogens with zero attached hydrogens (tertiary/aromatic N) is 3. The van der Waals surface area contributed by atoms with Crippen molar-refractivity contribution in [2.45, 2.75) is 5.03 Å². The zero-order valence-corrected chi connectivity index (χ0v) is 9.42. The summed E-state index contributed by atoms with van der Waals surface area (Å²) in [6.45, 7) is 0. The Labute approximate surface area is 95.2 Å². The molecular weight excluding hydrogens is 242 g/mol. The minimum atomic E-state index is -0.560. The van der Waals surface area contributed by atoms with Gasteiger partial charge in [-0.05, 0) is 0 Å². The second-order valence-electron chi connectivity index (χ2n) is 2.33. The standard InChI is InChI=1S/C7H8ClN3O3S/c1-14-6-5(11(12)13)7(10-4-9-6)15-3-2-8/h4H,2-3H2,1H3. The van der Waals surface area contributed by atoms with Gasteiger partial charge in [-0.2, -0.15) is 4.98 Å². The normalized spacial score (nSPS) is 10.0. The number of thioether (sulfide) groups is 1. The van der Waals surface area contributed by atoms with Crippen molar-refractivity contribution in [3.8, 4) is 5.88 Å². The number of halogens is 1. The fraction of sp³-hybridized carbons (Fsp3) is 0.429. The van der Waals surface area contributed by atoms with Gasteiger partial charge in [-0.15, -0.1) is 11.6 Å². The molecule has 15 heavy (non-hydrogen) atoms. The Morgan fingerprint density at radius 2 is 2.40 bits per heavy atom. The summed E-state index contributed by atoms with van der Waals surface area (Å²) in [6.07, 6.45) is 1.22. The second-order valence-corrected chi connectivity index (χ2v) is 3.79. The summed E-state index contributed by atoms with van der Waals surface area (Å²) >= 11 is 6.69. The summed E-state index contributed by atoms with van der Waals surface area (Å²) in [5, 5.41) is 11.0. The fourth-order valence-electron chi connectivity index (χ4n) is 0.894. The minimum absolute atomic E-state index is 0.0351. The molecule has 0 spiro atoms. The molecule has 0 saturated carbocycles. The summed E-state index contributed by atoms with van der Waals surface area (Å²) in [5.41, 5.74) is -0.213. The molecule has 0 unspecified atom stereocenters. The van der Waals surface area contributed by atoms with Crippen molar-refractivity contribution in [2.75, 3.05) is 18.7 Å². The molecule has 0 amide bonds. The maximum Gasteiger partial charge on any atom is 0.362 e. The number of hydrogen-bond donors (Lipinski definition) is 0. The zero-order chi connectivity index (χ0) is 11.3. The Kier molecular flexibility index (Phi) is 4.57. The fourth-order valence-corrected chi connectivity index (χ4v) is 1.82. The second kappa shape index (κ2) is 5.72. The third kappa shape index (κ3) is 2.93. The highest BCUT2D eigenvalue weighted by molar-refractivity contribution is 7.99. The molecule has 0 bridgehead atoms. The van der Waals surface area contributed by atoms with Gasteiger partial charge in [-0.1, -0.05) is 11.8 Å². The van der Waals surface area contributed by atoms with Crippen LogP contribution in [0.25, 0.3) is 0 Å². The molecule has 0 saturated heterocycles. The van der Waals surface area contributed by atoms with Gasteiger partial charge in [0, 0.05) is 11.6 Å². The number of alkyl halides is 1. The Bertz CT molecular complexity index is 363. The van der Waals surface area contributed by atoms with Gasteiger partial charge >= 0.3 is 5.69 Å². The highest BCUT2D eigenvalue weighted by Crippen LogP contribution is 2.33. The predicted octanol–water partition coefficient (Wildman–Crippen LogP) is 1.72. The molecule has 0 fully saturated rings. The van der Waals surface area contributed by atoms with Gasteiger partial charge in [0.15, 0.2) is 5.03 Å². The van der Waals surface area contributed by atoms with Crippen LogP contribution >= 0.6 is 23.4 Å². The van der Waals surface area contributed by atoms with Crippen molar-refractivity contribution in [1.29, 1.82) is 0 Å². The van der Waals surface area contributed by atoms with Crippen molar-refractivity contribution < 1.29 is 9.66 Å². The van der Waals surface area contributed by atoms with E-state index in [0.29, 0.717) is 11.6 Å². The van der Waals surface area contributed by atoms with E-state index in [4.69, 9.17) is 16.3 Å². The SMILES string of the molecule is COc1ncnc(SCCCl)c1[N+](=O)[O-]. The number of nitro groups is 1. The average Bonchev–Trinajstić information content (AvgIpc) is 2.25. The lowest BCUT2D eigenvalue weighted by Crippen LogP contribution is -2.00. The number of ether oxygens (including phenoxy) is 1. The molecule has 8 heteroatoms. The van der Waals surface area contributed by atoms with Gasteiger partial charge in [0.05, 0.1) is 12.0 Å². The first kappa shape index (κ1) is 12.0. The Balaban J connectivity index is 3.07. The lowest BCUT2D eigenvalue weighted by atomic mass is 10.5. The van der Waals surface area contributed by atoms with E-state index in [2.05, 4.69) is 9.97 Å². The van der Waals surface area contributed by atoms with Crippen LogP contribution in [0.15, 0.2) is 11.4 Å². The quantitative estimate of drug-likeness (QED) is 0.260. The summed E-state index contributed by atoms with van der Waals surface area (Å²) < 4.78 is 4.79. The van der Waals surface area contributed by atoms with E-state index in [-0.39, 0.29) is 16.6 Å². The van der Waals surface area contributed by atoms with Crippen LogP contribution < -0.4 is 4.74 Å². The summed E-state index contributed by atoms with van der Waals surface area (Å²) in [6, 6.07) is 0. The van der Waals surface area contributed by atoms with Crippen molar-refractivity contribution in [3.63, 3.8) is 0 Å². The van der Waals surface area contributed by atoms with Gasteiger partial charge in [-0.25, -0.2) is 4.98 Å². The van der Waals surface area contributed by atoms with Crippen LogP contribution in [0.5, 0.6) is 5.88 Å². The van der Waals surface area contributed by atoms with Crippen molar-refractivity contribution in [3.05, 3.63) is 16.4 Å². The number of hydrogen-bond acceptors (Lipinski definition) is 6. The van der Waals surface area contributed by atoms with Crippen molar-refractivity contribution in [2.24, 2.45) is 0 Å². The highest BCUT2D eigenvalue weighted by Gasteiger charge is 2.23. The summed E-state index contributed by atoms with van der Waals surface area (Å²) in [4.78, 5) is 17.7. The monoisotopic (exact) mass is 249 g/mol. The smallest absolute Gasteiger partial charge is 0.362 e. The first-order valence-electron chi connectivity index (χ1n) is 3.92. The van der Waals surface area contributed by atoms with Crippen LogP contribution in [0.2, 0.25) is 0 Å². The van der Waals surface area contributed by atoms with Crippen LogP contribution in [-0.4, -0.2) is 33.6 Å². The summed E-state index contributed by atoms with van der Waals surface area (Å²) in [5.74, 6) is 0.906. The van der Waals surface area contributed by atoms with E-state index in [9.17, 15) is 10.1 Å². The van der Waals surface area contributed by atoms with E-state index in [0.717, 1.165) is 0 Å². The highest BCUT2D eigenvalue weighted by atomic mass is 35.5. The average molecular weight is 250 g/mol.